The van der Waals surface area contributed by atoms with E-state index in [2.05, 4.69) is 10.3 Å². The van der Waals surface area contributed by atoms with E-state index in [1.165, 1.54) is 19.2 Å². The predicted molar refractivity (Wildman–Crippen MR) is 95.0 cm³/mol. The Labute approximate surface area is 147 Å². The number of thioether (sulfide) groups is 1. The van der Waals surface area contributed by atoms with Gasteiger partial charge in [-0.25, -0.2) is 14.2 Å². The molecule has 1 amide bonds. The predicted octanol–water partition coefficient (Wildman–Crippen LogP) is 3.50. The van der Waals surface area contributed by atoms with Crippen LogP contribution in [-0.2, 0) is 9.53 Å². The molecule has 0 aliphatic carbocycles. The van der Waals surface area contributed by atoms with Crippen LogP contribution in [-0.4, -0.2) is 24.2 Å². The van der Waals surface area contributed by atoms with E-state index in [1.807, 2.05) is 0 Å². The van der Waals surface area contributed by atoms with E-state index in [9.17, 15) is 14.0 Å². The van der Waals surface area contributed by atoms with Crippen LogP contribution in [0.2, 0.25) is 0 Å². The van der Waals surface area contributed by atoms with Crippen molar-refractivity contribution in [1.29, 1.82) is 0 Å². The summed E-state index contributed by atoms with van der Waals surface area (Å²) in [5.41, 5.74) is 1.42. The average Bonchev–Trinajstić information content (AvgIpc) is 2.96. The maximum Gasteiger partial charge on any atom is 0.340 e. The summed E-state index contributed by atoms with van der Waals surface area (Å²) >= 11 is 1.15. The molecule has 0 saturated carbocycles. The Hall–Kier alpha value is -2.93. The number of hydrogen-bond donors (Lipinski definition) is 1. The first-order chi connectivity index (χ1) is 12.1. The Morgan fingerprint density at radius 2 is 1.92 bits per heavy atom. The van der Waals surface area contributed by atoms with Crippen molar-refractivity contribution < 1.29 is 18.7 Å². The summed E-state index contributed by atoms with van der Waals surface area (Å²) in [5.74, 6) is -1.15. The summed E-state index contributed by atoms with van der Waals surface area (Å²) in [5, 5.41) is 3.00. The number of benzene rings is 2. The normalized spacial score (nSPS) is 17.0. The molecule has 0 atom stereocenters. The first-order valence-electron chi connectivity index (χ1n) is 7.29. The molecule has 126 valence electrons. The summed E-state index contributed by atoms with van der Waals surface area (Å²) in [6.45, 7) is 0. The number of hydrogen-bond acceptors (Lipinski definition) is 5. The molecule has 7 heteroatoms. The summed E-state index contributed by atoms with van der Waals surface area (Å²) in [7, 11) is 1.29. The molecule has 1 N–H and O–H groups in total. The number of amides is 1. The van der Waals surface area contributed by atoms with Crippen molar-refractivity contribution in [3.63, 3.8) is 0 Å². The van der Waals surface area contributed by atoms with Crippen LogP contribution in [0.5, 0.6) is 0 Å². The standard InChI is InChI=1S/C18H13FN2O3S/c1-24-17(23)13-4-2-3-5-14(13)20-18-21-16(22)15(25-18)10-11-6-8-12(19)9-7-11/h2-10H,1H3,(H,20,21,22)/b15-10-. The van der Waals surface area contributed by atoms with Crippen LogP contribution >= 0.6 is 11.8 Å². The number of halogens is 1. The number of methoxy groups -OCH3 is 1. The fourth-order valence-electron chi connectivity index (χ4n) is 2.15. The van der Waals surface area contributed by atoms with Crippen LogP contribution in [0, 0.1) is 5.82 Å². The highest BCUT2D eigenvalue weighted by molar-refractivity contribution is 8.18. The van der Waals surface area contributed by atoms with Gasteiger partial charge in [0.2, 0.25) is 0 Å². The molecule has 2 aromatic carbocycles. The maximum absolute atomic E-state index is 13.0. The van der Waals surface area contributed by atoms with Crippen molar-refractivity contribution in [3.05, 3.63) is 70.4 Å². The number of rotatable bonds is 3. The fraction of sp³-hybridized carbons (Fsp3) is 0.0556. The van der Waals surface area contributed by atoms with Gasteiger partial charge in [-0.1, -0.05) is 24.3 Å². The smallest absolute Gasteiger partial charge is 0.340 e. The Morgan fingerprint density at radius 3 is 2.64 bits per heavy atom. The van der Waals surface area contributed by atoms with Crippen LogP contribution < -0.4 is 5.32 Å². The first kappa shape index (κ1) is 16.9. The topological polar surface area (TPSA) is 67.8 Å². The first-order valence-corrected chi connectivity index (χ1v) is 8.11. The molecular weight excluding hydrogens is 343 g/mol. The van der Waals surface area contributed by atoms with Gasteiger partial charge in [0.15, 0.2) is 5.17 Å². The van der Waals surface area contributed by atoms with Gasteiger partial charge in [0.1, 0.15) is 5.82 Å². The lowest BCUT2D eigenvalue weighted by atomic mass is 10.2. The number of carbonyl (C=O) groups excluding carboxylic acids is 2. The molecule has 0 radical (unpaired) electrons. The molecule has 1 heterocycles. The van der Waals surface area contributed by atoms with Crippen LogP contribution in [0.25, 0.3) is 6.08 Å². The number of ether oxygens (including phenoxy) is 1. The minimum Gasteiger partial charge on any atom is -0.465 e. The molecule has 1 aliphatic rings. The van der Waals surface area contributed by atoms with Crippen molar-refractivity contribution in [2.45, 2.75) is 0 Å². The molecule has 5 nitrogen and oxygen atoms in total. The number of nitrogens with zero attached hydrogens (tertiary/aromatic N) is 1. The summed E-state index contributed by atoms with van der Waals surface area (Å²) in [4.78, 5) is 28.6. The second kappa shape index (κ2) is 7.31. The van der Waals surface area contributed by atoms with E-state index in [-0.39, 0.29) is 11.7 Å². The molecule has 1 fully saturated rings. The third-order valence-electron chi connectivity index (χ3n) is 3.35. The number of para-hydroxylation sites is 1. The molecule has 1 saturated heterocycles. The van der Waals surface area contributed by atoms with Crippen LogP contribution in [0.1, 0.15) is 15.9 Å². The van der Waals surface area contributed by atoms with E-state index in [1.54, 1.807) is 42.5 Å². The molecule has 0 bridgehead atoms. The van der Waals surface area contributed by atoms with Gasteiger partial charge in [-0.3, -0.25) is 4.79 Å². The van der Waals surface area contributed by atoms with Crippen molar-refractivity contribution >= 4 is 40.6 Å². The second-order valence-electron chi connectivity index (χ2n) is 5.04. The molecule has 0 aromatic heterocycles. The summed E-state index contributed by atoms with van der Waals surface area (Å²) in [6, 6.07) is 12.5. The van der Waals surface area contributed by atoms with Crippen molar-refractivity contribution in [3.8, 4) is 0 Å². The fourth-order valence-corrected chi connectivity index (χ4v) is 2.99. The van der Waals surface area contributed by atoms with Crippen LogP contribution in [0.4, 0.5) is 10.1 Å². The van der Waals surface area contributed by atoms with E-state index in [0.717, 1.165) is 11.8 Å². The molecular formula is C18H13FN2O3S. The van der Waals surface area contributed by atoms with Gasteiger partial charge >= 0.3 is 5.97 Å². The Balaban J connectivity index is 1.87. The van der Waals surface area contributed by atoms with Gasteiger partial charge in [0.25, 0.3) is 5.91 Å². The summed E-state index contributed by atoms with van der Waals surface area (Å²) in [6.07, 6.45) is 1.65. The Kier molecular flexibility index (Phi) is 4.95. The molecule has 1 aliphatic heterocycles. The van der Waals surface area contributed by atoms with E-state index >= 15 is 0 Å². The zero-order valence-electron chi connectivity index (χ0n) is 13.2. The highest BCUT2D eigenvalue weighted by Gasteiger charge is 2.24. The van der Waals surface area contributed by atoms with E-state index in [4.69, 9.17) is 4.74 Å². The molecule has 0 unspecified atom stereocenters. The van der Waals surface area contributed by atoms with Gasteiger partial charge in [0, 0.05) is 0 Å². The van der Waals surface area contributed by atoms with Crippen molar-refractivity contribution in [1.82, 2.24) is 5.32 Å². The lowest BCUT2D eigenvalue weighted by molar-refractivity contribution is -0.115. The van der Waals surface area contributed by atoms with Gasteiger partial charge in [-0.15, -0.1) is 0 Å². The highest BCUT2D eigenvalue weighted by Crippen LogP contribution is 2.29. The van der Waals surface area contributed by atoms with E-state index < -0.39 is 5.97 Å². The Morgan fingerprint density at radius 1 is 1.20 bits per heavy atom. The zero-order valence-corrected chi connectivity index (χ0v) is 14.0. The third kappa shape index (κ3) is 3.95. The monoisotopic (exact) mass is 356 g/mol. The van der Waals surface area contributed by atoms with Crippen LogP contribution in [0.3, 0.4) is 0 Å². The highest BCUT2D eigenvalue weighted by atomic mass is 32.2. The van der Waals surface area contributed by atoms with Crippen molar-refractivity contribution in [2.75, 3.05) is 7.11 Å². The Bertz CT molecular complexity index is 891. The largest absolute Gasteiger partial charge is 0.465 e. The number of carbonyl (C=O) groups is 2. The molecule has 3 rings (SSSR count). The third-order valence-corrected chi connectivity index (χ3v) is 4.26. The number of esters is 1. The molecule has 25 heavy (non-hydrogen) atoms. The van der Waals surface area contributed by atoms with Gasteiger partial charge in [-0.05, 0) is 47.7 Å². The van der Waals surface area contributed by atoms with Gasteiger partial charge in [-0.2, -0.15) is 0 Å². The molecule has 2 aromatic rings. The molecule has 0 spiro atoms. The minimum absolute atomic E-state index is 0.302. The van der Waals surface area contributed by atoms with E-state index in [0.29, 0.717) is 26.9 Å². The van der Waals surface area contributed by atoms with Crippen molar-refractivity contribution in [2.24, 2.45) is 4.99 Å². The average molecular weight is 356 g/mol. The number of nitrogens with one attached hydrogen (secondary N) is 1. The SMILES string of the molecule is COC(=O)c1ccccc1N=C1NC(=O)/C(=C/c2ccc(F)cc2)S1. The minimum atomic E-state index is -0.503. The zero-order chi connectivity index (χ0) is 17.8. The van der Waals surface area contributed by atoms with Gasteiger partial charge in [0.05, 0.1) is 23.3 Å². The summed E-state index contributed by atoms with van der Waals surface area (Å²) < 4.78 is 17.7. The van der Waals surface area contributed by atoms with Crippen LogP contribution in [0.15, 0.2) is 58.4 Å². The quantitative estimate of drug-likeness (QED) is 0.675. The lowest BCUT2D eigenvalue weighted by Gasteiger charge is -2.03. The number of amidine groups is 1. The lowest BCUT2D eigenvalue weighted by Crippen LogP contribution is -2.19. The number of aliphatic imine (C=N–C) groups is 1. The maximum atomic E-state index is 13.0. The van der Waals surface area contributed by atoms with Gasteiger partial charge < -0.3 is 10.1 Å². The second-order valence-corrected chi connectivity index (χ2v) is 6.07.